The number of nitrogens with zero attached hydrogens (tertiary/aromatic N) is 1. The van der Waals surface area contributed by atoms with E-state index in [1.54, 1.807) is 43.9 Å². The second-order valence-electron chi connectivity index (χ2n) is 10.2. The van der Waals surface area contributed by atoms with Crippen LogP contribution in [0.1, 0.15) is 74.5 Å². The number of carbonyl (C=O) groups is 1. The fraction of sp³-hybridized carbons (Fsp3) is 0.519. The van der Waals surface area contributed by atoms with Crippen LogP contribution in [0, 0.1) is 12.7 Å². The molecule has 0 radical (unpaired) electrons. The summed E-state index contributed by atoms with van der Waals surface area (Å²) in [6.45, 7) is 10.0. The molecule has 1 atom stereocenters. The first kappa shape index (κ1) is 25.6. The van der Waals surface area contributed by atoms with Crippen LogP contribution in [0.5, 0.6) is 5.75 Å². The molecule has 1 fully saturated rings. The Morgan fingerprint density at radius 3 is 2.40 bits per heavy atom. The molecule has 35 heavy (non-hydrogen) atoms. The Morgan fingerprint density at radius 1 is 1.11 bits per heavy atom. The number of aryl methyl sites for hydroxylation is 1. The summed E-state index contributed by atoms with van der Waals surface area (Å²) < 4.78 is 51.5. The minimum absolute atomic E-state index is 0.0154. The SMILES string of the molecule is Cc1cc(S(=O)(=O)C(C)C)ccc1C(=O)N1CCC2(CC1)C[C@@H](OC(C)C)c1cc(F)ccc1O2. The Bertz CT molecular complexity index is 1220. The van der Waals surface area contributed by atoms with E-state index in [9.17, 15) is 17.6 Å². The van der Waals surface area contributed by atoms with Crippen LogP contribution in [0.25, 0.3) is 0 Å². The third kappa shape index (κ3) is 5.09. The van der Waals surface area contributed by atoms with Crippen LogP contribution in [0.15, 0.2) is 41.3 Å². The number of ether oxygens (including phenoxy) is 2. The summed E-state index contributed by atoms with van der Waals surface area (Å²) in [5.41, 5.74) is 1.41. The lowest BCUT2D eigenvalue weighted by atomic mass is 9.81. The molecule has 0 saturated carbocycles. The molecular weight excluding hydrogens is 469 g/mol. The van der Waals surface area contributed by atoms with Crippen LogP contribution in [0.3, 0.4) is 0 Å². The van der Waals surface area contributed by atoms with Crippen LogP contribution in [0.2, 0.25) is 0 Å². The zero-order valence-electron chi connectivity index (χ0n) is 21.0. The first-order chi connectivity index (χ1) is 16.4. The number of amides is 1. The molecule has 190 valence electrons. The maximum atomic E-state index is 13.9. The van der Waals surface area contributed by atoms with Crippen molar-refractivity contribution >= 4 is 15.7 Å². The summed E-state index contributed by atoms with van der Waals surface area (Å²) in [7, 11) is -3.40. The highest BCUT2D eigenvalue weighted by Gasteiger charge is 2.45. The van der Waals surface area contributed by atoms with Gasteiger partial charge in [-0.3, -0.25) is 4.79 Å². The van der Waals surface area contributed by atoms with Gasteiger partial charge in [0.15, 0.2) is 9.84 Å². The fourth-order valence-corrected chi connectivity index (χ4v) is 6.10. The third-order valence-electron chi connectivity index (χ3n) is 6.98. The molecule has 2 aliphatic heterocycles. The minimum Gasteiger partial charge on any atom is -0.487 e. The van der Waals surface area contributed by atoms with Crippen molar-refractivity contribution in [2.24, 2.45) is 0 Å². The Hall–Kier alpha value is -2.45. The van der Waals surface area contributed by atoms with Crippen molar-refractivity contribution in [3.63, 3.8) is 0 Å². The van der Waals surface area contributed by atoms with Gasteiger partial charge in [0, 0.05) is 43.5 Å². The highest BCUT2D eigenvalue weighted by Crippen LogP contribution is 2.46. The van der Waals surface area contributed by atoms with Gasteiger partial charge in [0.1, 0.15) is 17.2 Å². The monoisotopic (exact) mass is 503 g/mol. The molecule has 0 unspecified atom stereocenters. The lowest BCUT2D eigenvalue weighted by molar-refractivity contribution is -0.0873. The standard InChI is InChI=1S/C27H34FNO5S/c1-17(2)33-25-16-27(34-24-9-6-20(28)15-23(24)25)10-12-29(13-11-27)26(30)22-8-7-21(14-19(22)5)35(31,32)18(3)4/h6-9,14-15,17-18,25H,10-13,16H2,1-5H3/t25-/m1/s1. The molecule has 1 spiro atoms. The summed E-state index contributed by atoms with van der Waals surface area (Å²) in [6, 6.07) is 9.27. The quantitative estimate of drug-likeness (QED) is 0.558. The molecule has 2 aromatic carbocycles. The number of benzene rings is 2. The largest absolute Gasteiger partial charge is 0.487 e. The maximum Gasteiger partial charge on any atom is 0.254 e. The van der Waals surface area contributed by atoms with Crippen molar-refractivity contribution in [2.75, 3.05) is 13.1 Å². The van der Waals surface area contributed by atoms with Crippen molar-refractivity contribution in [3.8, 4) is 5.75 Å². The van der Waals surface area contributed by atoms with Gasteiger partial charge in [-0.25, -0.2) is 12.8 Å². The lowest BCUT2D eigenvalue weighted by Gasteiger charge is -2.47. The number of hydrogen-bond donors (Lipinski definition) is 0. The highest BCUT2D eigenvalue weighted by atomic mass is 32.2. The summed E-state index contributed by atoms with van der Waals surface area (Å²) in [4.78, 5) is 15.3. The van der Waals surface area contributed by atoms with E-state index in [4.69, 9.17) is 9.47 Å². The molecule has 2 aliphatic rings. The first-order valence-corrected chi connectivity index (χ1v) is 13.7. The normalized spacial score (nSPS) is 19.7. The third-order valence-corrected chi connectivity index (χ3v) is 9.13. The number of piperidine rings is 1. The van der Waals surface area contributed by atoms with E-state index in [1.165, 1.54) is 18.2 Å². The van der Waals surface area contributed by atoms with Crippen molar-refractivity contribution in [1.29, 1.82) is 0 Å². The van der Waals surface area contributed by atoms with Crippen LogP contribution in [0.4, 0.5) is 4.39 Å². The van der Waals surface area contributed by atoms with Crippen LogP contribution >= 0.6 is 0 Å². The van der Waals surface area contributed by atoms with E-state index in [-0.39, 0.29) is 28.8 Å². The molecule has 8 heteroatoms. The highest BCUT2D eigenvalue weighted by molar-refractivity contribution is 7.92. The minimum atomic E-state index is -3.40. The number of fused-ring (bicyclic) bond motifs is 1. The molecule has 0 N–H and O–H groups in total. The van der Waals surface area contributed by atoms with E-state index < -0.39 is 20.7 Å². The zero-order chi connectivity index (χ0) is 25.5. The number of rotatable bonds is 5. The fourth-order valence-electron chi connectivity index (χ4n) is 4.96. The van der Waals surface area contributed by atoms with E-state index in [0.29, 0.717) is 49.2 Å². The Balaban J connectivity index is 1.50. The van der Waals surface area contributed by atoms with Gasteiger partial charge in [-0.1, -0.05) is 0 Å². The summed E-state index contributed by atoms with van der Waals surface area (Å²) in [6.07, 6.45) is 1.58. The van der Waals surface area contributed by atoms with E-state index in [2.05, 4.69) is 0 Å². The van der Waals surface area contributed by atoms with Gasteiger partial charge in [0.2, 0.25) is 0 Å². The maximum absolute atomic E-state index is 13.9. The number of halogens is 1. The molecule has 0 bridgehead atoms. The van der Waals surface area contributed by atoms with Gasteiger partial charge in [-0.15, -0.1) is 0 Å². The number of sulfone groups is 1. The molecule has 0 aliphatic carbocycles. The topological polar surface area (TPSA) is 72.9 Å². The van der Waals surface area contributed by atoms with E-state index >= 15 is 0 Å². The second kappa shape index (κ2) is 9.54. The van der Waals surface area contributed by atoms with Gasteiger partial charge in [0.25, 0.3) is 5.91 Å². The summed E-state index contributed by atoms with van der Waals surface area (Å²) in [5.74, 6) is 0.212. The second-order valence-corrected chi connectivity index (χ2v) is 12.7. The Labute approximate surface area is 207 Å². The summed E-state index contributed by atoms with van der Waals surface area (Å²) in [5, 5.41) is -0.526. The predicted molar refractivity (Wildman–Crippen MR) is 132 cm³/mol. The molecule has 2 aromatic rings. The van der Waals surface area contributed by atoms with Crippen LogP contribution < -0.4 is 4.74 Å². The first-order valence-electron chi connectivity index (χ1n) is 12.2. The van der Waals surface area contributed by atoms with Gasteiger partial charge >= 0.3 is 0 Å². The van der Waals surface area contributed by atoms with Gasteiger partial charge in [-0.2, -0.15) is 0 Å². The average Bonchev–Trinajstić information content (AvgIpc) is 2.79. The van der Waals surface area contributed by atoms with E-state index in [0.717, 1.165) is 5.56 Å². The molecule has 4 rings (SSSR count). The van der Waals surface area contributed by atoms with Crippen molar-refractivity contribution in [2.45, 2.75) is 81.8 Å². The van der Waals surface area contributed by atoms with Gasteiger partial charge < -0.3 is 14.4 Å². The molecule has 1 saturated heterocycles. The molecular formula is C27H34FNO5S. The lowest BCUT2D eigenvalue weighted by Crippen LogP contribution is -2.52. The smallest absolute Gasteiger partial charge is 0.254 e. The van der Waals surface area contributed by atoms with E-state index in [1.807, 2.05) is 13.8 Å². The van der Waals surface area contributed by atoms with Crippen LogP contribution in [-0.4, -0.2) is 49.3 Å². The van der Waals surface area contributed by atoms with Gasteiger partial charge in [0.05, 0.1) is 22.4 Å². The van der Waals surface area contributed by atoms with Crippen molar-refractivity contribution in [3.05, 3.63) is 58.9 Å². The predicted octanol–water partition coefficient (Wildman–Crippen LogP) is 5.24. The average molecular weight is 504 g/mol. The molecule has 2 heterocycles. The van der Waals surface area contributed by atoms with Crippen molar-refractivity contribution in [1.82, 2.24) is 4.90 Å². The number of carbonyl (C=O) groups excluding carboxylic acids is 1. The molecule has 0 aromatic heterocycles. The van der Waals surface area contributed by atoms with Gasteiger partial charge in [-0.05, 0) is 76.6 Å². The molecule has 1 amide bonds. The Morgan fingerprint density at radius 2 is 1.80 bits per heavy atom. The zero-order valence-corrected chi connectivity index (χ0v) is 21.8. The molecule has 6 nitrogen and oxygen atoms in total. The number of likely N-dealkylation sites (tertiary alicyclic amines) is 1. The Kier molecular flexibility index (Phi) is 6.99. The van der Waals surface area contributed by atoms with Crippen LogP contribution in [-0.2, 0) is 14.6 Å². The number of hydrogen-bond acceptors (Lipinski definition) is 5. The van der Waals surface area contributed by atoms with Crippen molar-refractivity contribution < 1.29 is 27.1 Å². The summed E-state index contributed by atoms with van der Waals surface area (Å²) >= 11 is 0.